The van der Waals surface area contributed by atoms with Gasteiger partial charge in [-0.3, -0.25) is 10.1 Å². The Kier molecular flexibility index (Phi) is 6.74. The van der Waals surface area contributed by atoms with E-state index < -0.39 is 29.5 Å². The van der Waals surface area contributed by atoms with E-state index in [0.717, 1.165) is 5.56 Å². The van der Waals surface area contributed by atoms with Crippen LogP contribution in [0.2, 0.25) is 5.02 Å². The second-order valence-electron chi connectivity index (χ2n) is 7.66. The molecule has 1 amide bonds. The van der Waals surface area contributed by atoms with Crippen molar-refractivity contribution in [2.24, 2.45) is 5.92 Å². The molecule has 0 aromatic heterocycles. The van der Waals surface area contributed by atoms with Gasteiger partial charge >= 0.3 is 5.97 Å². The fourth-order valence-corrected chi connectivity index (χ4v) is 5.35. The Morgan fingerprint density at radius 2 is 1.88 bits per heavy atom. The normalized spacial score (nSPS) is 24.9. The Balaban J connectivity index is 1.61. The molecule has 32 heavy (non-hydrogen) atoms. The van der Waals surface area contributed by atoms with E-state index in [2.05, 4.69) is 16.0 Å². The van der Waals surface area contributed by atoms with Crippen molar-refractivity contribution >= 4 is 35.2 Å². The molecular weight excluding hydrogens is 453 g/mol. The van der Waals surface area contributed by atoms with Crippen molar-refractivity contribution in [3.05, 3.63) is 81.8 Å². The van der Waals surface area contributed by atoms with E-state index in [9.17, 15) is 14.0 Å². The van der Waals surface area contributed by atoms with Gasteiger partial charge in [-0.25, -0.2) is 9.18 Å². The third kappa shape index (κ3) is 4.48. The molecule has 2 aromatic carbocycles. The number of fused-ring (bicyclic) bond motifs is 1. The van der Waals surface area contributed by atoms with Crippen LogP contribution in [0.15, 0.2) is 59.8 Å². The number of carbonyl (C=O) groups excluding carboxylic acids is 2. The highest BCUT2D eigenvalue weighted by Crippen LogP contribution is 2.41. The predicted molar refractivity (Wildman–Crippen MR) is 122 cm³/mol. The average Bonchev–Trinajstić information content (AvgIpc) is 2.77. The van der Waals surface area contributed by atoms with Crippen LogP contribution in [0.5, 0.6) is 0 Å². The largest absolute Gasteiger partial charge is 0.466 e. The summed E-state index contributed by atoms with van der Waals surface area (Å²) in [6, 6.07) is 13.7. The van der Waals surface area contributed by atoms with E-state index >= 15 is 0 Å². The molecule has 4 atom stereocenters. The lowest BCUT2D eigenvalue weighted by Gasteiger charge is -2.45. The summed E-state index contributed by atoms with van der Waals surface area (Å²) in [5.74, 6) is -1.70. The Bertz CT molecular complexity index is 1060. The summed E-state index contributed by atoms with van der Waals surface area (Å²) in [4.78, 5) is 25.9. The van der Waals surface area contributed by atoms with Crippen molar-refractivity contribution in [2.45, 2.75) is 30.3 Å². The number of allylic oxidation sites excluding steroid dienone is 1. The molecule has 2 heterocycles. The summed E-state index contributed by atoms with van der Waals surface area (Å²) in [7, 11) is 1.32. The molecule has 4 unspecified atom stereocenters. The van der Waals surface area contributed by atoms with Crippen molar-refractivity contribution in [1.29, 1.82) is 0 Å². The van der Waals surface area contributed by atoms with Crippen LogP contribution in [0.25, 0.3) is 0 Å². The van der Waals surface area contributed by atoms with E-state index in [1.54, 1.807) is 37.3 Å². The number of methoxy groups -OCH3 is 1. The molecule has 0 radical (unpaired) electrons. The number of esters is 1. The summed E-state index contributed by atoms with van der Waals surface area (Å²) in [5, 5.41) is 10.2. The molecule has 1 saturated heterocycles. The van der Waals surface area contributed by atoms with Gasteiger partial charge in [0.25, 0.3) is 0 Å². The Morgan fingerprint density at radius 3 is 2.56 bits per heavy atom. The summed E-state index contributed by atoms with van der Waals surface area (Å²) < 4.78 is 19.0. The smallest absolute Gasteiger partial charge is 0.336 e. The highest BCUT2D eigenvalue weighted by atomic mass is 35.5. The van der Waals surface area contributed by atoms with Gasteiger partial charge < -0.3 is 15.4 Å². The summed E-state index contributed by atoms with van der Waals surface area (Å²) in [6.07, 6.45) is -0.420. The van der Waals surface area contributed by atoms with Crippen LogP contribution in [-0.4, -0.2) is 30.6 Å². The lowest BCUT2D eigenvalue weighted by molar-refractivity contribution is -0.137. The number of rotatable bonds is 5. The molecular formula is C23H23ClFN3O3S. The predicted octanol–water partition coefficient (Wildman–Crippen LogP) is 3.49. The van der Waals surface area contributed by atoms with Gasteiger partial charge in [-0.1, -0.05) is 41.9 Å². The highest BCUT2D eigenvalue weighted by molar-refractivity contribution is 7.99. The third-order valence-electron chi connectivity index (χ3n) is 5.71. The molecule has 4 rings (SSSR count). The van der Waals surface area contributed by atoms with Crippen molar-refractivity contribution in [3.8, 4) is 0 Å². The Labute approximate surface area is 194 Å². The van der Waals surface area contributed by atoms with Crippen LogP contribution in [0.1, 0.15) is 24.0 Å². The minimum Gasteiger partial charge on any atom is -0.466 e. The van der Waals surface area contributed by atoms with Gasteiger partial charge in [-0.05, 0) is 36.2 Å². The van der Waals surface area contributed by atoms with Crippen LogP contribution in [0, 0.1) is 11.7 Å². The minimum absolute atomic E-state index is 0.207. The van der Waals surface area contributed by atoms with Gasteiger partial charge in [0, 0.05) is 22.4 Å². The number of nitrogens with one attached hydrogen (secondary N) is 3. The average molecular weight is 476 g/mol. The standard InChI is InChI=1S/C23H23ClFN3O3S/c1-12-17(22(30)31-2)18(13-7-9-15(24)10-8-13)19-20(26-12)27-23(28-21(19)29)32-11-14-5-3-4-6-16(14)25/h3-10,18-20,23,26-27H,11H2,1-2H3,(H,28,29). The summed E-state index contributed by atoms with van der Waals surface area (Å²) in [5.41, 5.74) is 1.98. The van der Waals surface area contributed by atoms with Crippen LogP contribution < -0.4 is 16.0 Å². The lowest BCUT2D eigenvalue weighted by Crippen LogP contribution is -2.67. The summed E-state index contributed by atoms with van der Waals surface area (Å²) in [6.45, 7) is 1.79. The van der Waals surface area contributed by atoms with Gasteiger partial charge in [0.2, 0.25) is 5.91 Å². The van der Waals surface area contributed by atoms with E-state index in [0.29, 0.717) is 27.6 Å². The molecule has 3 N–H and O–H groups in total. The first-order chi connectivity index (χ1) is 15.4. The number of ether oxygens (including phenoxy) is 1. The number of amides is 1. The zero-order valence-electron chi connectivity index (χ0n) is 17.5. The van der Waals surface area contributed by atoms with Gasteiger partial charge in [-0.15, -0.1) is 11.8 Å². The molecule has 2 aliphatic heterocycles. The summed E-state index contributed by atoms with van der Waals surface area (Å²) >= 11 is 7.44. The molecule has 6 nitrogen and oxygen atoms in total. The zero-order chi connectivity index (χ0) is 22.8. The van der Waals surface area contributed by atoms with E-state index in [-0.39, 0.29) is 11.7 Å². The van der Waals surface area contributed by atoms with E-state index in [4.69, 9.17) is 16.3 Å². The van der Waals surface area contributed by atoms with Gasteiger partial charge in [0.1, 0.15) is 11.3 Å². The molecule has 0 spiro atoms. The molecule has 0 bridgehead atoms. The fraction of sp³-hybridized carbons (Fsp3) is 0.304. The molecule has 9 heteroatoms. The Morgan fingerprint density at radius 1 is 1.16 bits per heavy atom. The van der Waals surface area contributed by atoms with Crippen LogP contribution in [-0.2, 0) is 20.1 Å². The molecule has 1 fully saturated rings. The molecule has 2 aliphatic rings. The van der Waals surface area contributed by atoms with Crippen LogP contribution in [0.3, 0.4) is 0 Å². The van der Waals surface area contributed by atoms with Crippen LogP contribution in [0.4, 0.5) is 4.39 Å². The van der Waals surface area contributed by atoms with Gasteiger partial charge in [0.15, 0.2) is 0 Å². The van der Waals surface area contributed by atoms with Crippen molar-refractivity contribution < 1.29 is 18.7 Å². The quantitative estimate of drug-likeness (QED) is 0.574. The maximum Gasteiger partial charge on any atom is 0.336 e. The highest BCUT2D eigenvalue weighted by Gasteiger charge is 2.48. The first kappa shape index (κ1) is 22.6. The van der Waals surface area contributed by atoms with Crippen molar-refractivity contribution in [3.63, 3.8) is 0 Å². The number of halogens is 2. The number of benzene rings is 2. The second-order valence-corrected chi connectivity index (χ2v) is 9.19. The first-order valence-electron chi connectivity index (χ1n) is 10.1. The van der Waals surface area contributed by atoms with Crippen molar-refractivity contribution in [2.75, 3.05) is 7.11 Å². The van der Waals surface area contributed by atoms with E-state index in [1.807, 2.05) is 12.1 Å². The number of hydrogen-bond donors (Lipinski definition) is 3. The number of hydrogen-bond acceptors (Lipinski definition) is 6. The molecule has 0 saturated carbocycles. The third-order valence-corrected chi connectivity index (χ3v) is 7.03. The number of thioether (sulfide) groups is 1. The fourth-order valence-electron chi connectivity index (χ4n) is 4.20. The van der Waals surface area contributed by atoms with Crippen LogP contribution >= 0.6 is 23.4 Å². The SMILES string of the molecule is COC(=O)C1=C(C)NC2NC(SCc3ccccc3F)NC(=O)C2C1c1ccc(Cl)cc1. The molecule has 168 valence electrons. The van der Waals surface area contributed by atoms with Crippen molar-refractivity contribution in [1.82, 2.24) is 16.0 Å². The first-order valence-corrected chi connectivity index (χ1v) is 11.5. The van der Waals surface area contributed by atoms with Gasteiger partial charge in [0.05, 0.1) is 24.8 Å². The molecule has 2 aromatic rings. The monoisotopic (exact) mass is 475 g/mol. The van der Waals surface area contributed by atoms with Gasteiger partial charge in [-0.2, -0.15) is 0 Å². The molecule has 0 aliphatic carbocycles. The second kappa shape index (κ2) is 9.52. The Hall–Kier alpha value is -2.55. The lowest BCUT2D eigenvalue weighted by atomic mass is 9.74. The maximum atomic E-state index is 14.0. The minimum atomic E-state index is -0.598. The zero-order valence-corrected chi connectivity index (χ0v) is 19.1. The van der Waals surface area contributed by atoms with E-state index in [1.165, 1.54) is 24.9 Å². The maximum absolute atomic E-state index is 14.0. The topological polar surface area (TPSA) is 79.5 Å². The number of carbonyl (C=O) groups is 2.